The first-order chi connectivity index (χ1) is 7.56. The minimum atomic E-state index is -1.76. The Labute approximate surface area is 94.5 Å². The number of anilines is 1. The van der Waals surface area contributed by atoms with Gasteiger partial charge in [-0.25, -0.2) is 4.39 Å². The molecule has 0 unspecified atom stereocenters. The van der Waals surface area contributed by atoms with Gasteiger partial charge in [0.15, 0.2) is 0 Å². The summed E-state index contributed by atoms with van der Waals surface area (Å²) in [5, 5.41) is 27.5. The summed E-state index contributed by atoms with van der Waals surface area (Å²) in [6.45, 7) is 0. The molecule has 16 heavy (non-hydrogen) atoms. The standard InChI is InChI=1S/C9H6BFN2O2S/c11-6-2-1-5(10(14)15)7-4(3-12)9(13)16-8(6)7/h1-2,14-15H,13H2. The predicted octanol–water partition coefficient (Wildman–Crippen LogP) is 0.174. The van der Waals surface area contributed by atoms with E-state index in [1.54, 1.807) is 0 Å². The third kappa shape index (κ3) is 1.44. The van der Waals surface area contributed by atoms with E-state index < -0.39 is 12.9 Å². The van der Waals surface area contributed by atoms with Crippen LogP contribution >= 0.6 is 11.3 Å². The summed E-state index contributed by atoms with van der Waals surface area (Å²) in [4.78, 5) is 0. The van der Waals surface area contributed by atoms with Crippen LogP contribution in [0.4, 0.5) is 9.39 Å². The van der Waals surface area contributed by atoms with E-state index in [1.165, 1.54) is 6.07 Å². The molecule has 0 radical (unpaired) electrons. The van der Waals surface area contributed by atoms with Crippen molar-refractivity contribution in [2.45, 2.75) is 0 Å². The maximum absolute atomic E-state index is 13.4. The highest BCUT2D eigenvalue weighted by atomic mass is 32.1. The van der Waals surface area contributed by atoms with Crippen molar-refractivity contribution in [3.05, 3.63) is 23.5 Å². The summed E-state index contributed by atoms with van der Waals surface area (Å²) in [5.41, 5.74) is 5.74. The van der Waals surface area contributed by atoms with Crippen LogP contribution in [-0.2, 0) is 0 Å². The Hall–Kier alpha value is -1.62. The molecule has 80 valence electrons. The fraction of sp³-hybridized carbons (Fsp3) is 0. The van der Waals surface area contributed by atoms with Gasteiger partial charge in [0.05, 0.1) is 10.3 Å². The first-order valence-corrected chi connectivity index (χ1v) is 5.14. The number of nitrogens with two attached hydrogens (primary N) is 1. The monoisotopic (exact) mass is 236 g/mol. The van der Waals surface area contributed by atoms with E-state index in [0.717, 1.165) is 17.4 Å². The van der Waals surface area contributed by atoms with Gasteiger partial charge in [0.1, 0.15) is 16.9 Å². The summed E-state index contributed by atoms with van der Waals surface area (Å²) in [7, 11) is -1.76. The molecule has 1 aromatic heterocycles. The Morgan fingerprint density at radius 2 is 2.12 bits per heavy atom. The van der Waals surface area contributed by atoms with Gasteiger partial charge >= 0.3 is 7.12 Å². The quantitative estimate of drug-likeness (QED) is 0.615. The minimum absolute atomic E-state index is 0.0842. The summed E-state index contributed by atoms with van der Waals surface area (Å²) in [6.07, 6.45) is 0. The predicted molar refractivity (Wildman–Crippen MR) is 60.7 cm³/mol. The molecule has 0 aliphatic carbocycles. The molecule has 4 nitrogen and oxygen atoms in total. The molecule has 0 saturated heterocycles. The first kappa shape index (κ1) is 10.9. The fourth-order valence-corrected chi connectivity index (χ4v) is 2.50. The van der Waals surface area contributed by atoms with Crippen molar-refractivity contribution in [1.29, 1.82) is 5.26 Å². The van der Waals surface area contributed by atoms with Crippen LogP contribution in [0.5, 0.6) is 0 Å². The zero-order valence-corrected chi connectivity index (χ0v) is 8.75. The number of nitrogen functional groups attached to an aromatic ring is 1. The topological polar surface area (TPSA) is 90.3 Å². The summed E-state index contributed by atoms with van der Waals surface area (Å²) < 4.78 is 13.6. The molecule has 0 aliphatic rings. The number of hydrogen-bond donors (Lipinski definition) is 3. The lowest BCUT2D eigenvalue weighted by Gasteiger charge is -2.02. The van der Waals surface area contributed by atoms with Crippen LogP contribution in [0, 0.1) is 17.1 Å². The Kier molecular flexibility index (Phi) is 2.55. The number of nitriles is 1. The highest BCUT2D eigenvalue weighted by Crippen LogP contribution is 2.33. The van der Waals surface area contributed by atoms with Crippen molar-refractivity contribution in [1.82, 2.24) is 0 Å². The van der Waals surface area contributed by atoms with Crippen molar-refractivity contribution < 1.29 is 14.4 Å². The molecule has 4 N–H and O–H groups in total. The van der Waals surface area contributed by atoms with Crippen molar-refractivity contribution >= 4 is 39.0 Å². The molecule has 0 spiro atoms. The van der Waals surface area contributed by atoms with Gasteiger partial charge in [-0.2, -0.15) is 5.26 Å². The van der Waals surface area contributed by atoms with E-state index in [4.69, 9.17) is 21.0 Å². The highest BCUT2D eigenvalue weighted by molar-refractivity contribution is 7.23. The summed E-state index contributed by atoms with van der Waals surface area (Å²) in [5.74, 6) is -0.530. The van der Waals surface area contributed by atoms with E-state index >= 15 is 0 Å². The highest BCUT2D eigenvalue weighted by Gasteiger charge is 2.22. The Bertz CT molecular complexity index is 606. The Morgan fingerprint density at radius 3 is 2.69 bits per heavy atom. The molecular weight excluding hydrogens is 230 g/mol. The second-order valence-corrected chi connectivity index (χ2v) is 4.22. The molecule has 0 saturated carbocycles. The average Bonchev–Trinajstić information content (AvgIpc) is 2.55. The van der Waals surface area contributed by atoms with Gasteiger partial charge in [-0.1, -0.05) is 6.07 Å². The number of thiophene rings is 1. The van der Waals surface area contributed by atoms with Gasteiger partial charge < -0.3 is 15.8 Å². The van der Waals surface area contributed by atoms with E-state index in [-0.39, 0.29) is 26.1 Å². The molecule has 2 rings (SSSR count). The maximum Gasteiger partial charge on any atom is 0.489 e. The van der Waals surface area contributed by atoms with Crippen LogP contribution in [0.3, 0.4) is 0 Å². The van der Waals surface area contributed by atoms with Gasteiger partial charge in [-0.15, -0.1) is 11.3 Å². The van der Waals surface area contributed by atoms with Crippen molar-refractivity contribution in [2.75, 3.05) is 5.73 Å². The van der Waals surface area contributed by atoms with Crippen LogP contribution in [0.15, 0.2) is 12.1 Å². The number of fused-ring (bicyclic) bond motifs is 1. The molecular formula is C9H6BFN2O2S. The number of rotatable bonds is 1. The second-order valence-electron chi connectivity index (χ2n) is 3.17. The van der Waals surface area contributed by atoms with Crippen molar-refractivity contribution in [3.63, 3.8) is 0 Å². The Morgan fingerprint density at radius 1 is 1.44 bits per heavy atom. The van der Waals surface area contributed by atoms with E-state index in [1.807, 2.05) is 6.07 Å². The third-order valence-electron chi connectivity index (χ3n) is 2.24. The van der Waals surface area contributed by atoms with Crippen LogP contribution < -0.4 is 11.2 Å². The molecule has 0 amide bonds. The number of halogens is 1. The zero-order chi connectivity index (χ0) is 11.9. The molecule has 7 heteroatoms. The van der Waals surface area contributed by atoms with Gasteiger partial charge in [0.25, 0.3) is 0 Å². The van der Waals surface area contributed by atoms with Gasteiger partial charge in [-0.05, 0) is 11.5 Å². The molecule has 2 aromatic rings. The van der Waals surface area contributed by atoms with E-state index in [9.17, 15) is 4.39 Å². The summed E-state index contributed by atoms with van der Waals surface area (Å²) in [6, 6.07) is 4.19. The minimum Gasteiger partial charge on any atom is -0.423 e. The van der Waals surface area contributed by atoms with Gasteiger partial charge in [0.2, 0.25) is 0 Å². The molecule has 0 aliphatic heterocycles. The smallest absolute Gasteiger partial charge is 0.423 e. The first-order valence-electron chi connectivity index (χ1n) is 4.33. The van der Waals surface area contributed by atoms with Crippen LogP contribution in [0.25, 0.3) is 10.1 Å². The SMILES string of the molecule is N#Cc1c(N)sc2c(F)ccc(B(O)O)c12. The van der Waals surface area contributed by atoms with Crippen LogP contribution in [0.2, 0.25) is 0 Å². The fourth-order valence-electron chi connectivity index (χ4n) is 1.54. The lowest BCUT2D eigenvalue weighted by Crippen LogP contribution is -2.30. The molecule has 1 heterocycles. The molecule has 0 bridgehead atoms. The van der Waals surface area contributed by atoms with E-state index in [0.29, 0.717) is 0 Å². The third-order valence-corrected chi connectivity index (χ3v) is 3.27. The largest absolute Gasteiger partial charge is 0.489 e. The average molecular weight is 236 g/mol. The number of hydrogen-bond acceptors (Lipinski definition) is 5. The van der Waals surface area contributed by atoms with Gasteiger partial charge in [0, 0.05) is 5.39 Å². The lowest BCUT2D eigenvalue weighted by atomic mass is 9.77. The second kappa shape index (κ2) is 3.75. The molecule has 0 atom stereocenters. The zero-order valence-electron chi connectivity index (χ0n) is 7.94. The lowest BCUT2D eigenvalue weighted by molar-refractivity contribution is 0.426. The molecule has 1 aromatic carbocycles. The molecule has 0 fully saturated rings. The maximum atomic E-state index is 13.4. The van der Waals surface area contributed by atoms with Gasteiger partial charge in [-0.3, -0.25) is 0 Å². The Balaban J connectivity index is 2.96. The summed E-state index contributed by atoms with van der Waals surface area (Å²) >= 11 is 0.920. The van der Waals surface area contributed by atoms with Crippen molar-refractivity contribution in [2.24, 2.45) is 0 Å². The number of benzene rings is 1. The van der Waals surface area contributed by atoms with Crippen LogP contribution in [-0.4, -0.2) is 17.2 Å². The van der Waals surface area contributed by atoms with Crippen molar-refractivity contribution in [3.8, 4) is 6.07 Å². The number of nitrogens with zero attached hydrogens (tertiary/aromatic N) is 1. The van der Waals surface area contributed by atoms with Crippen LogP contribution in [0.1, 0.15) is 5.56 Å². The normalized spacial score (nSPS) is 10.4. The van der Waals surface area contributed by atoms with E-state index in [2.05, 4.69) is 0 Å².